The van der Waals surface area contributed by atoms with Crippen LogP contribution in [0.15, 0.2) is 34.9 Å². The summed E-state index contributed by atoms with van der Waals surface area (Å²) in [6.45, 7) is 3.14. The lowest BCUT2D eigenvalue weighted by atomic mass is 10.1. The first-order chi connectivity index (χ1) is 12.2. The molecule has 0 spiro atoms. The average molecular weight is 358 g/mol. The van der Waals surface area contributed by atoms with E-state index < -0.39 is 0 Å². The molecule has 0 N–H and O–H groups in total. The van der Waals surface area contributed by atoms with Crippen molar-refractivity contribution in [3.63, 3.8) is 0 Å². The third-order valence-corrected chi connectivity index (χ3v) is 4.91. The lowest BCUT2D eigenvalue weighted by Crippen LogP contribution is -2.64. The number of halogens is 1. The normalized spacial score (nSPS) is 21.1. The van der Waals surface area contributed by atoms with Crippen LogP contribution < -0.4 is 4.90 Å². The number of carbonyl (C=O) groups is 1. The van der Waals surface area contributed by atoms with Crippen LogP contribution in [-0.4, -0.2) is 59.6 Å². The molecular weight excluding hydrogens is 342 g/mol. The molecule has 1 aromatic heterocycles. The van der Waals surface area contributed by atoms with Gasteiger partial charge in [0.1, 0.15) is 6.04 Å². The number of nitriles is 1. The molecule has 1 amide bonds. The largest absolute Gasteiger partial charge is 0.354 e. The van der Waals surface area contributed by atoms with Crippen LogP contribution in [0.5, 0.6) is 0 Å². The highest BCUT2D eigenvalue weighted by atomic mass is 35.5. The Kier molecular flexibility index (Phi) is 4.07. The first kappa shape index (κ1) is 15.9. The zero-order valence-electron chi connectivity index (χ0n) is 13.4. The van der Waals surface area contributed by atoms with Gasteiger partial charge in [0.15, 0.2) is 17.8 Å². The monoisotopic (exact) mass is 357 g/mol. The van der Waals surface area contributed by atoms with Gasteiger partial charge < -0.3 is 9.42 Å². The SMILES string of the molecule is N#CN1CCN2CCN(c3cc(-c4cccc(Cl)c4)on3)C(=O)C2C1. The van der Waals surface area contributed by atoms with Crippen molar-refractivity contribution >= 4 is 23.3 Å². The molecule has 7 nitrogen and oxygen atoms in total. The Hall–Kier alpha value is -2.56. The van der Waals surface area contributed by atoms with E-state index in [-0.39, 0.29) is 11.9 Å². The van der Waals surface area contributed by atoms with Gasteiger partial charge in [-0.05, 0) is 12.1 Å². The molecule has 2 saturated heterocycles. The molecule has 2 fully saturated rings. The second kappa shape index (κ2) is 6.39. The van der Waals surface area contributed by atoms with Crippen LogP contribution >= 0.6 is 11.6 Å². The van der Waals surface area contributed by atoms with Crippen molar-refractivity contribution in [3.8, 4) is 17.5 Å². The van der Waals surface area contributed by atoms with Crippen molar-refractivity contribution in [2.75, 3.05) is 37.6 Å². The highest BCUT2D eigenvalue weighted by molar-refractivity contribution is 6.30. The minimum absolute atomic E-state index is 0.0443. The number of rotatable bonds is 2. The number of fused-ring (bicyclic) bond motifs is 1. The van der Waals surface area contributed by atoms with Crippen LogP contribution in [0.4, 0.5) is 5.82 Å². The molecule has 2 aromatic rings. The van der Waals surface area contributed by atoms with E-state index in [0.29, 0.717) is 36.2 Å². The molecule has 4 rings (SSSR count). The van der Waals surface area contributed by atoms with Crippen LogP contribution in [0.1, 0.15) is 0 Å². The van der Waals surface area contributed by atoms with E-state index in [9.17, 15) is 4.79 Å². The molecule has 8 heteroatoms. The number of carbonyl (C=O) groups excluding carboxylic acids is 1. The van der Waals surface area contributed by atoms with Crippen LogP contribution in [0.3, 0.4) is 0 Å². The molecular formula is C17H16ClN5O2. The van der Waals surface area contributed by atoms with E-state index in [1.54, 1.807) is 28.0 Å². The summed E-state index contributed by atoms with van der Waals surface area (Å²) >= 11 is 6.01. The lowest BCUT2D eigenvalue weighted by Gasteiger charge is -2.44. The summed E-state index contributed by atoms with van der Waals surface area (Å²) in [4.78, 5) is 18.3. The molecule has 2 aliphatic rings. The molecule has 0 radical (unpaired) electrons. The number of aromatic nitrogens is 1. The lowest BCUT2D eigenvalue weighted by molar-refractivity contribution is -0.127. The Bertz CT molecular complexity index is 846. The predicted molar refractivity (Wildman–Crippen MR) is 91.8 cm³/mol. The van der Waals surface area contributed by atoms with E-state index in [4.69, 9.17) is 21.4 Å². The van der Waals surface area contributed by atoms with Gasteiger partial charge >= 0.3 is 0 Å². The number of anilines is 1. The van der Waals surface area contributed by atoms with Gasteiger partial charge in [-0.1, -0.05) is 28.9 Å². The summed E-state index contributed by atoms with van der Waals surface area (Å²) in [6.07, 6.45) is 2.13. The topological polar surface area (TPSA) is 76.6 Å². The van der Waals surface area contributed by atoms with Gasteiger partial charge in [-0.3, -0.25) is 14.6 Å². The standard InChI is InChI=1S/C17H16ClN5O2/c18-13-3-1-2-12(8-13)15-9-16(20-25-15)23-7-6-22-5-4-21(11-19)10-14(22)17(23)24/h1-3,8-9,14H,4-7,10H2. The van der Waals surface area contributed by atoms with Crippen molar-refractivity contribution < 1.29 is 9.32 Å². The van der Waals surface area contributed by atoms with E-state index >= 15 is 0 Å². The molecule has 0 saturated carbocycles. The first-order valence-electron chi connectivity index (χ1n) is 8.08. The van der Waals surface area contributed by atoms with Gasteiger partial charge in [0, 0.05) is 42.8 Å². The van der Waals surface area contributed by atoms with Gasteiger partial charge in [-0.25, -0.2) is 0 Å². The second-order valence-electron chi connectivity index (χ2n) is 6.15. The Labute approximate surface area is 149 Å². The molecule has 1 atom stereocenters. The van der Waals surface area contributed by atoms with Crippen molar-refractivity contribution in [3.05, 3.63) is 35.4 Å². The third-order valence-electron chi connectivity index (χ3n) is 4.68. The fourth-order valence-corrected chi connectivity index (χ4v) is 3.52. The highest BCUT2D eigenvalue weighted by Crippen LogP contribution is 2.28. The molecule has 25 heavy (non-hydrogen) atoms. The van der Waals surface area contributed by atoms with Gasteiger partial charge in [-0.2, -0.15) is 5.26 Å². The van der Waals surface area contributed by atoms with Gasteiger partial charge in [0.05, 0.1) is 6.54 Å². The smallest absolute Gasteiger partial charge is 0.247 e. The summed E-state index contributed by atoms with van der Waals surface area (Å²) in [6, 6.07) is 8.73. The molecule has 2 aliphatic heterocycles. The highest BCUT2D eigenvalue weighted by Gasteiger charge is 2.39. The van der Waals surface area contributed by atoms with Crippen molar-refractivity contribution in [2.45, 2.75) is 6.04 Å². The number of hydrogen-bond acceptors (Lipinski definition) is 6. The first-order valence-corrected chi connectivity index (χ1v) is 8.46. The summed E-state index contributed by atoms with van der Waals surface area (Å²) < 4.78 is 5.41. The fourth-order valence-electron chi connectivity index (χ4n) is 3.33. The van der Waals surface area contributed by atoms with Crippen LogP contribution in [0, 0.1) is 11.5 Å². The maximum atomic E-state index is 12.9. The molecule has 1 aromatic carbocycles. The van der Waals surface area contributed by atoms with E-state index in [1.165, 1.54) is 0 Å². The van der Waals surface area contributed by atoms with Crippen molar-refractivity contribution in [1.29, 1.82) is 5.26 Å². The van der Waals surface area contributed by atoms with Gasteiger partial charge in [0.2, 0.25) is 5.91 Å². The van der Waals surface area contributed by atoms with E-state index in [0.717, 1.165) is 18.7 Å². The number of hydrogen-bond donors (Lipinski definition) is 0. The quantitative estimate of drug-likeness (QED) is 0.763. The maximum Gasteiger partial charge on any atom is 0.247 e. The van der Waals surface area contributed by atoms with Gasteiger partial charge in [-0.15, -0.1) is 0 Å². The minimum Gasteiger partial charge on any atom is -0.354 e. The van der Waals surface area contributed by atoms with Crippen molar-refractivity contribution in [1.82, 2.24) is 15.0 Å². The van der Waals surface area contributed by atoms with Crippen LogP contribution in [-0.2, 0) is 4.79 Å². The molecule has 128 valence electrons. The molecule has 0 aliphatic carbocycles. The average Bonchev–Trinajstić information content (AvgIpc) is 3.12. The number of benzene rings is 1. The summed E-state index contributed by atoms with van der Waals surface area (Å²) in [5.41, 5.74) is 0.811. The number of nitrogens with zero attached hydrogens (tertiary/aromatic N) is 5. The Morgan fingerprint density at radius 2 is 2.08 bits per heavy atom. The number of amides is 1. The van der Waals surface area contributed by atoms with Crippen molar-refractivity contribution in [2.24, 2.45) is 0 Å². The Balaban J connectivity index is 1.56. The van der Waals surface area contributed by atoms with Crippen LogP contribution in [0.2, 0.25) is 5.02 Å². The zero-order chi connectivity index (χ0) is 17.4. The Morgan fingerprint density at radius 1 is 1.24 bits per heavy atom. The molecule has 3 heterocycles. The summed E-state index contributed by atoms with van der Waals surface area (Å²) in [5.74, 6) is 1.01. The van der Waals surface area contributed by atoms with Crippen LogP contribution in [0.25, 0.3) is 11.3 Å². The molecule has 1 unspecified atom stereocenters. The van der Waals surface area contributed by atoms with E-state index in [2.05, 4.69) is 16.2 Å². The second-order valence-corrected chi connectivity index (χ2v) is 6.58. The summed E-state index contributed by atoms with van der Waals surface area (Å²) in [7, 11) is 0. The maximum absolute atomic E-state index is 12.9. The predicted octanol–water partition coefficient (Wildman–Crippen LogP) is 1.81. The van der Waals surface area contributed by atoms with Gasteiger partial charge in [0.25, 0.3) is 0 Å². The number of piperazine rings is 2. The fraction of sp³-hybridized carbons (Fsp3) is 0.353. The third kappa shape index (κ3) is 2.95. The zero-order valence-corrected chi connectivity index (χ0v) is 14.2. The molecule has 0 bridgehead atoms. The summed E-state index contributed by atoms with van der Waals surface area (Å²) in [5, 5.41) is 13.8. The van der Waals surface area contributed by atoms with E-state index in [1.807, 2.05) is 12.1 Å². The Morgan fingerprint density at radius 3 is 2.88 bits per heavy atom. The minimum atomic E-state index is -0.312.